The molecule has 182 valence electrons. The van der Waals surface area contributed by atoms with Gasteiger partial charge < -0.3 is 33.7 Å². The van der Waals surface area contributed by atoms with Crippen LogP contribution in [0.4, 0.5) is 0 Å². The van der Waals surface area contributed by atoms with Crippen molar-refractivity contribution in [3.05, 3.63) is 53.1 Å². The molecule has 0 radical (unpaired) electrons. The number of amides is 1. The van der Waals surface area contributed by atoms with Crippen molar-refractivity contribution in [3.63, 3.8) is 0 Å². The summed E-state index contributed by atoms with van der Waals surface area (Å²) in [6.07, 6.45) is 0. The summed E-state index contributed by atoms with van der Waals surface area (Å²) in [5.41, 5.74) is 1.04. The van der Waals surface area contributed by atoms with Crippen molar-refractivity contribution in [1.82, 2.24) is 9.80 Å². The normalized spacial score (nSPS) is 22.7. The van der Waals surface area contributed by atoms with Gasteiger partial charge in [-0.05, 0) is 35.9 Å². The molecule has 4 aliphatic heterocycles. The predicted molar refractivity (Wildman–Crippen MR) is 121 cm³/mol. The summed E-state index contributed by atoms with van der Waals surface area (Å²) in [4.78, 5) is 30.2. The molecule has 2 aromatic carbocycles. The lowest BCUT2D eigenvalue weighted by molar-refractivity contribution is -0.140. The summed E-state index contributed by atoms with van der Waals surface area (Å²) in [5, 5.41) is 11.3. The quantitative estimate of drug-likeness (QED) is 0.390. The lowest BCUT2D eigenvalue weighted by Crippen LogP contribution is -2.42. The third-order valence-electron chi connectivity index (χ3n) is 6.66. The van der Waals surface area contributed by atoms with Gasteiger partial charge in [-0.25, -0.2) is 0 Å². The minimum absolute atomic E-state index is 0.0229. The Morgan fingerprint density at radius 3 is 2.26 bits per heavy atom. The van der Waals surface area contributed by atoms with E-state index < -0.39 is 17.7 Å². The number of ether oxygens (including phenoxy) is 5. The number of rotatable bonds is 5. The van der Waals surface area contributed by atoms with Crippen molar-refractivity contribution in [2.75, 3.05) is 53.0 Å². The number of morpholine rings is 1. The first-order valence-electron chi connectivity index (χ1n) is 11.5. The van der Waals surface area contributed by atoms with Gasteiger partial charge in [0.2, 0.25) is 13.6 Å². The van der Waals surface area contributed by atoms with Crippen molar-refractivity contribution >= 4 is 17.4 Å². The van der Waals surface area contributed by atoms with Crippen LogP contribution in [0.1, 0.15) is 17.2 Å². The van der Waals surface area contributed by atoms with E-state index in [-0.39, 0.29) is 24.9 Å². The Labute approximate surface area is 201 Å². The molecule has 4 aliphatic rings. The Kier molecular flexibility index (Phi) is 5.46. The molecule has 2 fully saturated rings. The van der Waals surface area contributed by atoms with Crippen LogP contribution < -0.4 is 18.9 Å². The van der Waals surface area contributed by atoms with Crippen molar-refractivity contribution in [3.8, 4) is 23.0 Å². The number of hydrogen-bond donors (Lipinski definition) is 1. The van der Waals surface area contributed by atoms with E-state index >= 15 is 0 Å². The number of fused-ring (bicyclic) bond motifs is 2. The highest BCUT2D eigenvalue weighted by Crippen LogP contribution is 2.44. The van der Waals surface area contributed by atoms with Crippen LogP contribution in [0.2, 0.25) is 0 Å². The van der Waals surface area contributed by atoms with E-state index in [1.165, 1.54) is 4.90 Å². The molecular formula is C25H24N2O8. The number of benzene rings is 2. The highest BCUT2D eigenvalue weighted by atomic mass is 16.7. The first-order chi connectivity index (χ1) is 17.1. The molecule has 0 unspecified atom stereocenters. The average molecular weight is 480 g/mol. The summed E-state index contributed by atoms with van der Waals surface area (Å²) < 4.78 is 27.1. The maximum atomic E-state index is 13.3. The lowest BCUT2D eigenvalue weighted by Gasteiger charge is -2.31. The second kappa shape index (κ2) is 8.79. The Hall–Kier alpha value is -3.76. The van der Waals surface area contributed by atoms with Crippen LogP contribution in [0.5, 0.6) is 23.0 Å². The molecule has 0 bridgehead atoms. The number of aliphatic hydroxyl groups excluding tert-OH is 1. The third-order valence-corrected chi connectivity index (χ3v) is 6.66. The largest absolute Gasteiger partial charge is 0.507 e. The van der Waals surface area contributed by atoms with Gasteiger partial charge in [-0.2, -0.15) is 0 Å². The molecule has 2 saturated heterocycles. The van der Waals surface area contributed by atoms with Gasteiger partial charge >= 0.3 is 0 Å². The van der Waals surface area contributed by atoms with Gasteiger partial charge in [0.1, 0.15) is 5.76 Å². The summed E-state index contributed by atoms with van der Waals surface area (Å²) in [7, 11) is 0. The number of aliphatic hydroxyl groups is 1. The molecule has 1 atom stereocenters. The van der Waals surface area contributed by atoms with E-state index in [0.717, 1.165) is 13.1 Å². The lowest BCUT2D eigenvalue weighted by atomic mass is 9.95. The number of carbonyl (C=O) groups excluding carboxylic acids is 2. The number of likely N-dealkylation sites (tertiary alicyclic amines) is 1. The van der Waals surface area contributed by atoms with E-state index in [2.05, 4.69) is 4.90 Å². The first-order valence-corrected chi connectivity index (χ1v) is 11.5. The summed E-state index contributed by atoms with van der Waals surface area (Å²) in [6.45, 7) is 3.88. The summed E-state index contributed by atoms with van der Waals surface area (Å²) in [5.74, 6) is 0.500. The molecular weight excluding hydrogens is 456 g/mol. The van der Waals surface area contributed by atoms with Gasteiger partial charge in [-0.1, -0.05) is 6.07 Å². The zero-order valence-corrected chi connectivity index (χ0v) is 18.9. The van der Waals surface area contributed by atoms with Crippen molar-refractivity contribution in [2.24, 2.45) is 0 Å². The SMILES string of the molecule is O=C1C(=O)N(CCN2CCOCC2)[C@@H](c2ccc3c(c2)OCO3)C1=C(O)c1ccc2c(c1)OCO2. The van der Waals surface area contributed by atoms with Crippen LogP contribution in [0.3, 0.4) is 0 Å². The molecule has 1 amide bonds. The van der Waals surface area contributed by atoms with Crippen LogP contribution in [0.25, 0.3) is 5.76 Å². The van der Waals surface area contributed by atoms with Gasteiger partial charge in [0.05, 0.1) is 24.8 Å². The smallest absolute Gasteiger partial charge is 0.295 e. The predicted octanol–water partition coefficient (Wildman–Crippen LogP) is 1.90. The van der Waals surface area contributed by atoms with Gasteiger partial charge in [0, 0.05) is 31.7 Å². The molecule has 0 aliphatic carbocycles. The zero-order valence-electron chi connectivity index (χ0n) is 18.9. The van der Waals surface area contributed by atoms with Crippen molar-refractivity contribution in [1.29, 1.82) is 0 Å². The Morgan fingerprint density at radius 1 is 0.857 bits per heavy atom. The molecule has 10 nitrogen and oxygen atoms in total. The minimum atomic E-state index is -0.782. The van der Waals surface area contributed by atoms with Crippen molar-refractivity contribution < 1.29 is 38.4 Å². The highest BCUT2D eigenvalue weighted by molar-refractivity contribution is 6.46. The molecule has 1 N–H and O–H groups in total. The standard InChI is InChI=1S/C25H24N2O8/c28-23(16-2-4-18-20(12-16)35-14-33-18)21-22(15-1-3-17-19(11-15)34-13-32-17)27(25(30)24(21)29)6-5-26-7-9-31-10-8-26/h1-4,11-12,22,28H,5-10,13-14H2/t22-/m0/s1. The number of hydrogen-bond acceptors (Lipinski definition) is 9. The zero-order chi connectivity index (χ0) is 23.9. The Bertz CT molecular complexity index is 1220. The van der Waals surface area contributed by atoms with Crippen LogP contribution >= 0.6 is 0 Å². The number of carbonyl (C=O) groups is 2. The summed E-state index contributed by atoms with van der Waals surface area (Å²) >= 11 is 0. The van der Waals surface area contributed by atoms with Gasteiger partial charge in [-0.3, -0.25) is 14.5 Å². The molecule has 0 saturated carbocycles. The third kappa shape index (κ3) is 3.84. The summed E-state index contributed by atoms with van der Waals surface area (Å²) in [6, 6.07) is 9.43. The van der Waals surface area contributed by atoms with Crippen LogP contribution in [0, 0.1) is 0 Å². The van der Waals surface area contributed by atoms with E-state index in [1.807, 2.05) is 0 Å². The Balaban J connectivity index is 1.40. The van der Waals surface area contributed by atoms with E-state index in [0.29, 0.717) is 60.4 Å². The fourth-order valence-electron chi connectivity index (χ4n) is 4.81. The topological polar surface area (TPSA) is 107 Å². The maximum Gasteiger partial charge on any atom is 0.295 e. The second-order valence-corrected chi connectivity index (χ2v) is 8.63. The van der Waals surface area contributed by atoms with Crippen LogP contribution in [-0.4, -0.2) is 79.6 Å². The minimum Gasteiger partial charge on any atom is -0.507 e. The maximum absolute atomic E-state index is 13.3. The molecule has 0 aromatic heterocycles. The van der Waals surface area contributed by atoms with Crippen molar-refractivity contribution in [2.45, 2.75) is 6.04 Å². The molecule has 0 spiro atoms. The average Bonchev–Trinajstić information content (AvgIpc) is 3.61. The van der Waals surface area contributed by atoms with E-state index in [4.69, 9.17) is 23.7 Å². The number of Topliss-reactive ketones (excluding diaryl/α,β-unsaturated/α-hetero) is 1. The molecule has 10 heteroatoms. The molecule has 6 rings (SSSR count). The fourth-order valence-corrected chi connectivity index (χ4v) is 4.81. The van der Waals surface area contributed by atoms with Crippen LogP contribution in [0.15, 0.2) is 42.0 Å². The monoisotopic (exact) mass is 480 g/mol. The number of nitrogens with zero attached hydrogens (tertiary/aromatic N) is 2. The van der Waals surface area contributed by atoms with Gasteiger partial charge in [0.15, 0.2) is 23.0 Å². The second-order valence-electron chi connectivity index (χ2n) is 8.63. The van der Waals surface area contributed by atoms with Gasteiger partial charge in [-0.15, -0.1) is 0 Å². The molecule has 4 heterocycles. The van der Waals surface area contributed by atoms with Gasteiger partial charge in [0.25, 0.3) is 11.7 Å². The Morgan fingerprint density at radius 2 is 1.51 bits per heavy atom. The van der Waals surface area contributed by atoms with Crippen LogP contribution in [-0.2, 0) is 14.3 Å². The molecule has 2 aromatic rings. The fraction of sp³-hybridized carbons (Fsp3) is 0.360. The molecule has 35 heavy (non-hydrogen) atoms. The number of ketones is 1. The van der Waals surface area contributed by atoms with E-state index in [1.54, 1.807) is 36.4 Å². The highest BCUT2D eigenvalue weighted by Gasteiger charge is 2.46. The first kappa shape index (κ1) is 21.8. The van der Waals surface area contributed by atoms with E-state index in [9.17, 15) is 14.7 Å².